The average Bonchev–Trinajstić information content (AvgIpc) is 2.69. The third kappa shape index (κ3) is 5.85. The van der Waals surface area contributed by atoms with E-state index in [4.69, 9.17) is 0 Å². The smallest absolute Gasteiger partial charge is 0.237 e. The number of aryl methyl sites for hydroxylation is 1. The van der Waals surface area contributed by atoms with Gasteiger partial charge in [-0.1, -0.05) is 18.6 Å². The fourth-order valence-corrected chi connectivity index (χ4v) is 3.44. The van der Waals surface area contributed by atoms with Crippen LogP contribution >= 0.6 is 0 Å². The van der Waals surface area contributed by atoms with E-state index in [0.717, 1.165) is 37.1 Å². The Morgan fingerprint density at radius 3 is 2.89 bits per heavy atom. The van der Waals surface area contributed by atoms with Crippen LogP contribution in [0.15, 0.2) is 42.7 Å². The first kappa shape index (κ1) is 19.9. The second-order valence-corrected chi connectivity index (χ2v) is 7.10. The first-order valence-electron chi connectivity index (χ1n) is 9.76. The summed E-state index contributed by atoms with van der Waals surface area (Å²) in [7, 11) is 0. The van der Waals surface area contributed by atoms with E-state index < -0.39 is 0 Å². The number of hydrogen-bond acceptors (Lipinski definition) is 5. The van der Waals surface area contributed by atoms with Crippen molar-refractivity contribution in [1.82, 2.24) is 20.2 Å². The number of likely N-dealkylation sites (tertiary alicyclic amines) is 1. The minimum atomic E-state index is -0.158. The van der Waals surface area contributed by atoms with Crippen LogP contribution in [0.1, 0.15) is 36.9 Å². The number of nitrogens with zero attached hydrogens (tertiary/aromatic N) is 3. The number of anilines is 1. The topological polar surface area (TPSA) is 87.2 Å². The number of piperidine rings is 1. The minimum absolute atomic E-state index is 0.00919. The predicted molar refractivity (Wildman–Crippen MR) is 108 cm³/mol. The van der Waals surface area contributed by atoms with Gasteiger partial charge in [-0.15, -0.1) is 0 Å². The van der Waals surface area contributed by atoms with Crippen LogP contribution in [0.5, 0.6) is 0 Å². The van der Waals surface area contributed by atoms with Crippen LogP contribution in [-0.4, -0.2) is 45.8 Å². The van der Waals surface area contributed by atoms with Crippen LogP contribution in [-0.2, 0) is 16.1 Å². The van der Waals surface area contributed by atoms with Crippen LogP contribution in [0.3, 0.4) is 0 Å². The summed E-state index contributed by atoms with van der Waals surface area (Å²) in [5.41, 5.74) is 1.95. The molecule has 0 spiro atoms. The molecule has 28 heavy (non-hydrogen) atoms. The summed E-state index contributed by atoms with van der Waals surface area (Å²) in [6.45, 7) is 3.79. The predicted octanol–water partition coefficient (Wildman–Crippen LogP) is 2.28. The molecule has 0 saturated carbocycles. The molecule has 0 aliphatic carbocycles. The molecular formula is C21H27N5O2. The van der Waals surface area contributed by atoms with Crippen LogP contribution in [0.4, 0.5) is 5.82 Å². The van der Waals surface area contributed by atoms with Gasteiger partial charge in [-0.05, 0) is 50.1 Å². The molecule has 2 N–H and O–H groups in total. The Morgan fingerprint density at radius 2 is 2.11 bits per heavy atom. The molecule has 1 atom stereocenters. The van der Waals surface area contributed by atoms with Gasteiger partial charge in [-0.2, -0.15) is 0 Å². The number of carbonyl (C=O) groups is 2. The van der Waals surface area contributed by atoms with E-state index in [-0.39, 0.29) is 24.3 Å². The zero-order valence-electron chi connectivity index (χ0n) is 16.2. The zero-order chi connectivity index (χ0) is 19.8. The van der Waals surface area contributed by atoms with E-state index in [2.05, 4.69) is 25.5 Å². The van der Waals surface area contributed by atoms with Gasteiger partial charge in [0.1, 0.15) is 5.82 Å². The van der Waals surface area contributed by atoms with Crippen molar-refractivity contribution in [3.05, 3.63) is 54.0 Å². The van der Waals surface area contributed by atoms with E-state index in [1.54, 1.807) is 12.3 Å². The normalized spacial score (nSPS) is 17.1. The fourth-order valence-electron chi connectivity index (χ4n) is 3.44. The molecule has 1 saturated heterocycles. The molecule has 3 heterocycles. The van der Waals surface area contributed by atoms with Crippen molar-refractivity contribution in [3.63, 3.8) is 0 Å². The highest BCUT2D eigenvalue weighted by Gasteiger charge is 2.28. The molecule has 0 bridgehead atoms. The molecule has 2 aromatic rings. The average molecular weight is 381 g/mol. The molecule has 1 aliphatic heterocycles. The lowest BCUT2D eigenvalue weighted by atomic mass is 10.0. The summed E-state index contributed by atoms with van der Waals surface area (Å²) in [6.07, 6.45) is 6.79. The van der Waals surface area contributed by atoms with E-state index in [1.165, 1.54) is 0 Å². The molecule has 3 rings (SSSR count). The Labute approximate surface area is 165 Å². The van der Waals surface area contributed by atoms with E-state index in [0.29, 0.717) is 18.9 Å². The van der Waals surface area contributed by atoms with Crippen molar-refractivity contribution in [3.8, 4) is 0 Å². The zero-order valence-corrected chi connectivity index (χ0v) is 16.2. The van der Waals surface area contributed by atoms with Crippen LogP contribution < -0.4 is 10.6 Å². The van der Waals surface area contributed by atoms with Crippen molar-refractivity contribution in [1.29, 1.82) is 0 Å². The SMILES string of the molecule is Cc1cccc(NC(=O)CCNC(=O)C2CCCCN2Cc2cccnc2)n1. The molecule has 1 unspecified atom stereocenters. The van der Waals surface area contributed by atoms with Crippen molar-refractivity contribution in [2.45, 2.75) is 45.2 Å². The number of amides is 2. The highest BCUT2D eigenvalue weighted by Crippen LogP contribution is 2.19. The van der Waals surface area contributed by atoms with E-state index >= 15 is 0 Å². The summed E-state index contributed by atoms with van der Waals surface area (Å²) < 4.78 is 0. The maximum Gasteiger partial charge on any atom is 0.237 e. The van der Waals surface area contributed by atoms with E-state index in [9.17, 15) is 9.59 Å². The van der Waals surface area contributed by atoms with Crippen molar-refractivity contribution < 1.29 is 9.59 Å². The molecule has 0 radical (unpaired) electrons. The Balaban J connectivity index is 1.46. The van der Waals surface area contributed by atoms with Crippen molar-refractivity contribution in [2.24, 2.45) is 0 Å². The standard InChI is InChI=1S/C21H27N5O2/c1-16-6-4-9-19(24-16)25-20(27)10-12-23-21(28)18-8-2-3-13-26(18)15-17-7-5-11-22-14-17/h4-7,9,11,14,18H,2-3,8,10,12-13,15H2,1H3,(H,23,28)(H,24,25,27). The minimum Gasteiger partial charge on any atom is -0.354 e. The highest BCUT2D eigenvalue weighted by atomic mass is 16.2. The number of carbonyl (C=O) groups excluding carboxylic acids is 2. The maximum atomic E-state index is 12.7. The highest BCUT2D eigenvalue weighted by molar-refractivity contribution is 5.90. The van der Waals surface area contributed by atoms with Gasteiger partial charge in [-0.25, -0.2) is 4.98 Å². The summed E-state index contributed by atoms with van der Waals surface area (Å²) in [5.74, 6) is 0.366. The monoisotopic (exact) mass is 381 g/mol. The lowest BCUT2D eigenvalue weighted by Gasteiger charge is -2.34. The molecule has 7 nitrogen and oxygen atoms in total. The summed E-state index contributed by atoms with van der Waals surface area (Å²) >= 11 is 0. The number of pyridine rings is 2. The Hall–Kier alpha value is -2.80. The number of nitrogens with one attached hydrogen (secondary N) is 2. The van der Waals surface area contributed by atoms with Crippen LogP contribution in [0.25, 0.3) is 0 Å². The van der Waals surface area contributed by atoms with Gasteiger partial charge in [0.2, 0.25) is 11.8 Å². The Kier molecular flexibility index (Phi) is 7.08. The molecule has 2 aromatic heterocycles. The second kappa shape index (κ2) is 9.94. The third-order valence-corrected chi connectivity index (χ3v) is 4.83. The number of rotatable bonds is 7. The van der Waals surface area contributed by atoms with Gasteiger partial charge in [0.25, 0.3) is 0 Å². The molecule has 1 fully saturated rings. The number of aromatic nitrogens is 2. The molecule has 7 heteroatoms. The molecule has 148 valence electrons. The Bertz CT molecular complexity index is 796. The van der Waals surface area contributed by atoms with E-state index in [1.807, 2.05) is 37.4 Å². The van der Waals surface area contributed by atoms with Crippen LogP contribution in [0, 0.1) is 6.92 Å². The van der Waals surface area contributed by atoms with Gasteiger partial charge in [0, 0.05) is 37.6 Å². The largest absolute Gasteiger partial charge is 0.354 e. The third-order valence-electron chi connectivity index (χ3n) is 4.83. The lowest BCUT2D eigenvalue weighted by Crippen LogP contribution is -2.49. The van der Waals surface area contributed by atoms with Gasteiger partial charge < -0.3 is 10.6 Å². The van der Waals surface area contributed by atoms with Crippen molar-refractivity contribution in [2.75, 3.05) is 18.4 Å². The first-order valence-corrected chi connectivity index (χ1v) is 9.76. The number of hydrogen-bond donors (Lipinski definition) is 2. The first-order chi connectivity index (χ1) is 13.6. The maximum absolute atomic E-state index is 12.7. The van der Waals surface area contributed by atoms with Gasteiger partial charge in [0.05, 0.1) is 6.04 Å². The van der Waals surface area contributed by atoms with Gasteiger partial charge in [0.15, 0.2) is 0 Å². The second-order valence-electron chi connectivity index (χ2n) is 7.10. The summed E-state index contributed by atoms with van der Waals surface area (Å²) in [4.78, 5) is 35.3. The fraction of sp³-hybridized carbons (Fsp3) is 0.429. The van der Waals surface area contributed by atoms with Crippen molar-refractivity contribution >= 4 is 17.6 Å². The Morgan fingerprint density at radius 1 is 1.21 bits per heavy atom. The lowest BCUT2D eigenvalue weighted by molar-refractivity contribution is -0.128. The summed E-state index contributed by atoms with van der Waals surface area (Å²) in [5, 5.41) is 5.68. The van der Waals surface area contributed by atoms with Gasteiger partial charge >= 0.3 is 0 Å². The van der Waals surface area contributed by atoms with Crippen LogP contribution in [0.2, 0.25) is 0 Å². The van der Waals surface area contributed by atoms with Gasteiger partial charge in [-0.3, -0.25) is 19.5 Å². The molecule has 2 amide bonds. The quantitative estimate of drug-likeness (QED) is 0.768. The molecular weight excluding hydrogens is 354 g/mol. The summed E-state index contributed by atoms with van der Waals surface area (Å²) in [6, 6.07) is 9.25. The molecule has 1 aliphatic rings. The molecule has 0 aromatic carbocycles.